The summed E-state index contributed by atoms with van der Waals surface area (Å²) in [4.78, 5) is 0. The zero-order valence-electron chi connectivity index (χ0n) is 5.24. The Morgan fingerprint density at radius 3 is 2.45 bits per heavy atom. The van der Waals surface area contributed by atoms with Crippen LogP contribution in [0.5, 0.6) is 0 Å². The van der Waals surface area contributed by atoms with Gasteiger partial charge in [-0.1, -0.05) is 0 Å². The average Bonchev–Trinajstić information content (AvgIpc) is 2.33. The van der Waals surface area contributed by atoms with Crippen LogP contribution in [0.2, 0.25) is 0 Å². The zero-order valence-corrected chi connectivity index (χ0v) is 5.24. The van der Waals surface area contributed by atoms with E-state index < -0.39 is 31.2 Å². The number of hydrogen-bond donors (Lipinski definition) is 0. The Hall–Kier alpha value is -0.940. The van der Waals surface area contributed by atoms with Gasteiger partial charge < -0.3 is 9.47 Å². The molecule has 0 aromatic carbocycles. The van der Waals surface area contributed by atoms with Crippen LogP contribution in [0.4, 0.5) is 17.6 Å². The second-order valence-electron chi connectivity index (χ2n) is 1.96. The minimum atomic E-state index is -2.74. The average molecular weight is 172 g/mol. The molecule has 6 heteroatoms. The summed E-state index contributed by atoms with van der Waals surface area (Å²) < 4.78 is 55.2. The molecule has 0 aliphatic carbocycles. The molecule has 0 bridgehead atoms. The van der Waals surface area contributed by atoms with Crippen LogP contribution in [0.25, 0.3) is 0 Å². The molecule has 0 amide bonds. The maximum atomic E-state index is 12.6. The molecular formula is C5H4F4O2. The second kappa shape index (κ2) is 2.60. The predicted molar refractivity (Wildman–Crippen MR) is 26.1 cm³/mol. The molecule has 0 N–H and O–H groups in total. The molecule has 2 nitrogen and oxygen atoms in total. The highest BCUT2D eigenvalue weighted by molar-refractivity contribution is 4.92. The van der Waals surface area contributed by atoms with Gasteiger partial charge in [0, 0.05) is 0 Å². The lowest BCUT2D eigenvalue weighted by atomic mass is 10.4. The van der Waals surface area contributed by atoms with Crippen molar-refractivity contribution in [3.05, 3.63) is 12.0 Å². The number of hydrogen-bond acceptors (Lipinski definition) is 2. The Balaban J connectivity index is 2.68. The molecule has 1 atom stereocenters. The van der Waals surface area contributed by atoms with E-state index in [1.807, 2.05) is 0 Å². The predicted octanol–water partition coefficient (Wildman–Crippen LogP) is 1.73. The molecule has 0 spiro atoms. The van der Waals surface area contributed by atoms with Crippen LogP contribution in [0, 0.1) is 0 Å². The topological polar surface area (TPSA) is 18.5 Å². The quantitative estimate of drug-likeness (QED) is 0.561. The van der Waals surface area contributed by atoms with Crippen LogP contribution >= 0.6 is 0 Å². The summed E-state index contributed by atoms with van der Waals surface area (Å²) in [5, 5.41) is 0. The standard InChI is InChI=1S/C5H4F4O2/c6-1-5(9)2-10-4(11-5)3(7)8/h1-2H2. The van der Waals surface area contributed by atoms with Gasteiger partial charge in [0.2, 0.25) is 0 Å². The van der Waals surface area contributed by atoms with Crippen molar-refractivity contribution in [2.45, 2.75) is 5.85 Å². The fourth-order valence-electron chi connectivity index (χ4n) is 0.557. The Kier molecular flexibility index (Phi) is 1.92. The molecule has 0 saturated carbocycles. The molecule has 64 valence electrons. The lowest BCUT2D eigenvalue weighted by Crippen LogP contribution is -2.27. The highest BCUT2D eigenvalue weighted by atomic mass is 19.3. The Labute approximate surface area is 59.4 Å². The van der Waals surface area contributed by atoms with E-state index in [4.69, 9.17) is 0 Å². The van der Waals surface area contributed by atoms with E-state index in [-0.39, 0.29) is 0 Å². The highest BCUT2D eigenvalue weighted by Crippen LogP contribution is 2.30. The van der Waals surface area contributed by atoms with E-state index in [2.05, 4.69) is 9.47 Å². The van der Waals surface area contributed by atoms with Crippen LogP contribution in [0.1, 0.15) is 0 Å². The third kappa shape index (κ3) is 1.55. The highest BCUT2D eigenvalue weighted by Gasteiger charge is 2.42. The van der Waals surface area contributed by atoms with Gasteiger partial charge in [0.25, 0.3) is 0 Å². The molecule has 0 aromatic rings. The van der Waals surface area contributed by atoms with Gasteiger partial charge in [0.15, 0.2) is 13.3 Å². The first-order chi connectivity index (χ1) is 5.07. The fraction of sp³-hybridized carbons (Fsp3) is 0.600. The molecule has 1 aliphatic rings. The molecule has 1 fully saturated rings. The molecule has 0 radical (unpaired) electrons. The maximum Gasteiger partial charge on any atom is 0.351 e. The first-order valence-corrected chi connectivity index (χ1v) is 2.69. The van der Waals surface area contributed by atoms with E-state index in [9.17, 15) is 17.6 Å². The molecular weight excluding hydrogens is 168 g/mol. The van der Waals surface area contributed by atoms with E-state index in [1.165, 1.54) is 0 Å². The minimum absolute atomic E-state index is 0.837. The van der Waals surface area contributed by atoms with Gasteiger partial charge in [-0.2, -0.15) is 13.2 Å². The summed E-state index contributed by atoms with van der Waals surface area (Å²) >= 11 is 0. The van der Waals surface area contributed by atoms with Gasteiger partial charge in [0.1, 0.15) is 0 Å². The van der Waals surface area contributed by atoms with Crippen molar-refractivity contribution in [1.29, 1.82) is 0 Å². The third-order valence-electron chi connectivity index (χ3n) is 1.05. The Morgan fingerprint density at radius 1 is 1.55 bits per heavy atom. The smallest absolute Gasteiger partial charge is 0.351 e. The summed E-state index contributed by atoms with van der Waals surface area (Å²) in [5.74, 6) is -3.97. The molecule has 1 unspecified atom stereocenters. The van der Waals surface area contributed by atoms with Gasteiger partial charge in [-0.15, -0.1) is 0 Å². The lowest BCUT2D eigenvalue weighted by Gasteiger charge is -2.09. The summed E-state index contributed by atoms with van der Waals surface area (Å²) in [6.45, 7) is -2.35. The molecule has 1 aliphatic heterocycles. The van der Waals surface area contributed by atoms with Gasteiger partial charge >= 0.3 is 17.9 Å². The fourth-order valence-corrected chi connectivity index (χ4v) is 0.557. The van der Waals surface area contributed by atoms with Crippen LogP contribution in [-0.2, 0) is 9.47 Å². The summed E-state index contributed by atoms with van der Waals surface area (Å²) in [7, 11) is 0. The van der Waals surface area contributed by atoms with Crippen molar-refractivity contribution in [3.63, 3.8) is 0 Å². The molecule has 11 heavy (non-hydrogen) atoms. The number of alkyl halides is 2. The van der Waals surface area contributed by atoms with Crippen molar-refractivity contribution < 1.29 is 27.0 Å². The SMILES string of the molecule is FCC1(F)COC(=C(F)F)O1. The minimum Gasteiger partial charge on any atom is -0.454 e. The summed E-state index contributed by atoms with van der Waals surface area (Å²) in [6.07, 6.45) is -2.29. The Morgan fingerprint density at radius 2 is 2.18 bits per heavy atom. The van der Waals surface area contributed by atoms with Crippen LogP contribution < -0.4 is 0 Å². The summed E-state index contributed by atoms with van der Waals surface area (Å²) in [5.41, 5.74) is 0. The van der Waals surface area contributed by atoms with Gasteiger partial charge in [-0.05, 0) is 0 Å². The maximum absolute atomic E-state index is 12.6. The monoisotopic (exact) mass is 172 g/mol. The normalized spacial score (nSPS) is 29.6. The second-order valence-corrected chi connectivity index (χ2v) is 1.96. The third-order valence-corrected chi connectivity index (χ3v) is 1.05. The van der Waals surface area contributed by atoms with Crippen molar-refractivity contribution >= 4 is 0 Å². The first-order valence-electron chi connectivity index (χ1n) is 2.69. The van der Waals surface area contributed by atoms with E-state index in [1.54, 1.807) is 0 Å². The van der Waals surface area contributed by atoms with Crippen molar-refractivity contribution in [1.82, 2.24) is 0 Å². The Bertz CT molecular complexity index is 189. The largest absolute Gasteiger partial charge is 0.454 e. The first kappa shape index (κ1) is 8.16. The van der Waals surface area contributed by atoms with Gasteiger partial charge in [-0.25, -0.2) is 4.39 Å². The zero-order chi connectivity index (χ0) is 8.48. The van der Waals surface area contributed by atoms with E-state index in [0.717, 1.165) is 0 Å². The van der Waals surface area contributed by atoms with Crippen molar-refractivity contribution in [2.75, 3.05) is 13.3 Å². The van der Waals surface area contributed by atoms with Gasteiger partial charge in [-0.3, -0.25) is 0 Å². The molecule has 1 heterocycles. The van der Waals surface area contributed by atoms with Crippen molar-refractivity contribution in [3.8, 4) is 0 Å². The number of ether oxygens (including phenoxy) is 2. The van der Waals surface area contributed by atoms with Crippen LogP contribution in [0.15, 0.2) is 12.0 Å². The molecule has 0 aromatic heterocycles. The summed E-state index contributed by atoms with van der Waals surface area (Å²) in [6, 6.07) is 0. The number of rotatable bonds is 1. The van der Waals surface area contributed by atoms with Crippen LogP contribution in [0.3, 0.4) is 0 Å². The molecule has 1 rings (SSSR count). The van der Waals surface area contributed by atoms with Gasteiger partial charge in [0.05, 0.1) is 0 Å². The number of halogens is 4. The van der Waals surface area contributed by atoms with Crippen molar-refractivity contribution in [2.24, 2.45) is 0 Å². The lowest BCUT2D eigenvalue weighted by molar-refractivity contribution is -0.0903. The van der Waals surface area contributed by atoms with E-state index in [0.29, 0.717) is 0 Å². The van der Waals surface area contributed by atoms with E-state index >= 15 is 0 Å². The van der Waals surface area contributed by atoms with Crippen LogP contribution in [-0.4, -0.2) is 19.1 Å². The molecule has 1 saturated heterocycles.